The van der Waals surface area contributed by atoms with E-state index in [0.717, 1.165) is 41.9 Å². The summed E-state index contributed by atoms with van der Waals surface area (Å²) in [5.41, 5.74) is 4.87. The van der Waals surface area contributed by atoms with E-state index in [9.17, 15) is 4.79 Å². The molecule has 0 unspecified atom stereocenters. The Kier molecular flexibility index (Phi) is 3.65. The zero-order valence-corrected chi connectivity index (χ0v) is 13.5. The Morgan fingerprint density at radius 1 is 1.33 bits per heavy atom. The Bertz CT molecular complexity index is 901. The molecule has 2 amide bonds. The Balaban J connectivity index is 1.51. The van der Waals surface area contributed by atoms with E-state index in [-0.39, 0.29) is 12.1 Å². The molecule has 6 heteroatoms. The molecular weight excluding hydrogens is 302 g/mol. The minimum atomic E-state index is -0.211. The van der Waals surface area contributed by atoms with Crippen LogP contribution in [-0.4, -0.2) is 20.4 Å². The maximum atomic E-state index is 12.4. The zero-order valence-electron chi connectivity index (χ0n) is 13.5. The van der Waals surface area contributed by atoms with E-state index < -0.39 is 0 Å². The van der Waals surface area contributed by atoms with Crippen LogP contribution in [0.15, 0.2) is 43.0 Å². The first-order valence-electron chi connectivity index (χ1n) is 8.15. The first kappa shape index (κ1) is 14.7. The van der Waals surface area contributed by atoms with Crippen LogP contribution >= 0.6 is 0 Å². The van der Waals surface area contributed by atoms with Crippen molar-refractivity contribution in [3.63, 3.8) is 0 Å². The number of carbonyl (C=O) groups excluding carboxylic acids is 1. The number of hydrogen-bond acceptors (Lipinski definition) is 3. The van der Waals surface area contributed by atoms with Crippen LogP contribution in [0.2, 0.25) is 0 Å². The molecule has 0 aliphatic heterocycles. The summed E-state index contributed by atoms with van der Waals surface area (Å²) in [5.74, 6) is 0. The largest absolute Gasteiger partial charge is 0.329 e. The molecule has 3 aromatic heterocycles. The molecule has 0 aromatic carbocycles. The van der Waals surface area contributed by atoms with Gasteiger partial charge in [0.1, 0.15) is 5.65 Å². The van der Waals surface area contributed by atoms with E-state index in [1.807, 2.05) is 35.9 Å². The van der Waals surface area contributed by atoms with Gasteiger partial charge in [0.25, 0.3) is 0 Å². The maximum Gasteiger partial charge on any atom is 0.319 e. The van der Waals surface area contributed by atoms with Crippen molar-refractivity contribution in [3.8, 4) is 0 Å². The third kappa shape index (κ3) is 2.71. The highest BCUT2D eigenvalue weighted by molar-refractivity contribution is 5.89. The van der Waals surface area contributed by atoms with Crippen molar-refractivity contribution in [1.29, 1.82) is 0 Å². The van der Waals surface area contributed by atoms with Gasteiger partial charge in [-0.1, -0.05) is 6.07 Å². The summed E-state index contributed by atoms with van der Waals surface area (Å²) in [5, 5.41) is 5.96. The highest BCUT2D eigenvalue weighted by Gasteiger charge is 2.22. The number of imidazole rings is 1. The molecule has 0 saturated heterocycles. The third-order valence-corrected chi connectivity index (χ3v) is 4.43. The molecular formula is C18H19N5O. The molecule has 2 N–H and O–H groups in total. The molecule has 0 saturated carbocycles. The minimum absolute atomic E-state index is 0.0342. The van der Waals surface area contributed by atoms with Crippen molar-refractivity contribution >= 4 is 17.4 Å². The van der Waals surface area contributed by atoms with E-state index in [4.69, 9.17) is 0 Å². The fourth-order valence-corrected chi connectivity index (χ4v) is 3.35. The molecule has 0 spiro atoms. The lowest BCUT2D eigenvalue weighted by Gasteiger charge is -2.25. The first-order chi connectivity index (χ1) is 11.7. The topological polar surface area (TPSA) is 71.3 Å². The summed E-state index contributed by atoms with van der Waals surface area (Å²) in [4.78, 5) is 21.1. The van der Waals surface area contributed by atoms with Crippen LogP contribution in [-0.2, 0) is 6.42 Å². The number of carbonyl (C=O) groups is 1. The molecule has 1 atom stereocenters. The molecule has 0 fully saturated rings. The third-order valence-electron chi connectivity index (χ3n) is 4.43. The van der Waals surface area contributed by atoms with Crippen LogP contribution in [0.5, 0.6) is 0 Å². The van der Waals surface area contributed by atoms with Gasteiger partial charge < -0.3 is 15.0 Å². The van der Waals surface area contributed by atoms with Crippen molar-refractivity contribution in [2.24, 2.45) is 0 Å². The predicted molar refractivity (Wildman–Crippen MR) is 92.0 cm³/mol. The summed E-state index contributed by atoms with van der Waals surface area (Å²) >= 11 is 0. The number of rotatable bonds is 2. The molecule has 0 radical (unpaired) electrons. The van der Waals surface area contributed by atoms with Gasteiger partial charge in [0.15, 0.2) is 0 Å². The van der Waals surface area contributed by atoms with E-state index in [1.165, 1.54) is 5.56 Å². The van der Waals surface area contributed by atoms with Gasteiger partial charge in [0.2, 0.25) is 0 Å². The summed E-state index contributed by atoms with van der Waals surface area (Å²) in [6, 6.07) is 5.72. The van der Waals surface area contributed by atoms with Gasteiger partial charge in [-0.3, -0.25) is 4.98 Å². The second-order valence-corrected chi connectivity index (χ2v) is 6.16. The fraction of sp³-hybridized carbons (Fsp3) is 0.278. The van der Waals surface area contributed by atoms with Crippen molar-refractivity contribution in [2.75, 3.05) is 5.32 Å². The normalized spacial score (nSPS) is 16.6. The first-order valence-corrected chi connectivity index (χ1v) is 8.15. The average Bonchev–Trinajstić information content (AvgIpc) is 3.04. The Morgan fingerprint density at radius 2 is 2.25 bits per heavy atom. The lowest BCUT2D eigenvalue weighted by molar-refractivity contribution is 0.246. The van der Waals surface area contributed by atoms with Crippen molar-refractivity contribution in [2.45, 2.75) is 32.2 Å². The number of aryl methyl sites for hydroxylation is 2. The van der Waals surface area contributed by atoms with E-state index in [0.29, 0.717) is 0 Å². The quantitative estimate of drug-likeness (QED) is 0.761. The van der Waals surface area contributed by atoms with E-state index in [1.54, 1.807) is 12.4 Å². The van der Waals surface area contributed by atoms with Crippen molar-refractivity contribution < 1.29 is 4.79 Å². The highest BCUT2D eigenvalue weighted by atomic mass is 16.2. The second kappa shape index (κ2) is 5.96. The average molecular weight is 321 g/mol. The minimum Gasteiger partial charge on any atom is -0.329 e. The van der Waals surface area contributed by atoms with Crippen LogP contribution < -0.4 is 10.6 Å². The summed E-state index contributed by atoms with van der Waals surface area (Å²) in [6.45, 7) is 1.98. The lowest BCUT2D eigenvalue weighted by Crippen LogP contribution is -2.35. The number of hydrogen-bond donors (Lipinski definition) is 2. The molecule has 3 aromatic rings. The van der Waals surface area contributed by atoms with Crippen LogP contribution in [0, 0.1) is 6.92 Å². The zero-order chi connectivity index (χ0) is 16.5. The number of urea groups is 1. The summed E-state index contributed by atoms with van der Waals surface area (Å²) in [7, 11) is 0. The number of amides is 2. The Morgan fingerprint density at radius 3 is 3.17 bits per heavy atom. The van der Waals surface area contributed by atoms with E-state index >= 15 is 0 Å². The lowest BCUT2D eigenvalue weighted by atomic mass is 9.92. The molecule has 122 valence electrons. The summed E-state index contributed by atoms with van der Waals surface area (Å²) < 4.78 is 1.91. The predicted octanol–water partition coefficient (Wildman–Crippen LogP) is 3.24. The molecule has 4 rings (SSSR count). The van der Waals surface area contributed by atoms with Gasteiger partial charge in [0.05, 0.1) is 17.4 Å². The molecule has 1 aliphatic rings. The Labute approximate surface area is 139 Å². The van der Waals surface area contributed by atoms with Gasteiger partial charge in [0, 0.05) is 24.8 Å². The number of nitrogens with one attached hydrogen (secondary N) is 2. The number of aromatic nitrogens is 3. The molecule has 3 heterocycles. The SMILES string of the molecule is Cc1cc(NC(=O)N[C@H]2CCCc3cccnc32)cn2ccnc12. The molecule has 6 nitrogen and oxygen atoms in total. The van der Waals surface area contributed by atoms with Crippen LogP contribution in [0.25, 0.3) is 5.65 Å². The highest BCUT2D eigenvalue weighted by Crippen LogP contribution is 2.27. The number of anilines is 1. The molecule has 1 aliphatic carbocycles. The number of fused-ring (bicyclic) bond motifs is 2. The van der Waals surface area contributed by atoms with E-state index in [2.05, 4.69) is 26.7 Å². The van der Waals surface area contributed by atoms with Crippen molar-refractivity contribution in [1.82, 2.24) is 19.7 Å². The van der Waals surface area contributed by atoms with Gasteiger partial charge >= 0.3 is 6.03 Å². The van der Waals surface area contributed by atoms with Crippen molar-refractivity contribution in [3.05, 3.63) is 59.8 Å². The summed E-state index contributed by atoms with van der Waals surface area (Å²) in [6.07, 6.45) is 10.3. The van der Waals surface area contributed by atoms with Gasteiger partial charge in [-0.25, -0.2) is 9.78 Å². The number of nitrogens with zero attached hydrogens (tertiary/aromatic N) is 3. The molecule has 24 heavy (non-hydrogen) atoms. The van der Waals surface area contributed by atoms with Crippen LogP contribution in [0.3, 0.4) is 0 Å². The van der Waals surface area contributed by atoms with Gasteiger partial charge in [-0.15, -0.1) is 0 Å². The van der Waals surface area contributed by atoms with Crippen LogP contribution in [0.4, 0.5) is 10.5 Å². The second-order valence-electron chi connectivity index (χ2n) is 6.16. The van der Waals surface area contributed by atoms with Gasteiger partial charge in [-0.2, -0.15) is 0 Å². The fourth-order valence-electron chi connectivity index (χ4n) is 3.35. The monoisotopic (exact) mass is 321 g/mol. The van der Waals surface area contributed by atoms with Gasteiger partial charge in [-0.05, 0) is 49.4 Å². The molecule has 0 bridgehead atoms. The number of pyridine rings is 2. The Hall–Kier alpha value is -2.89. The van der Waals surface area contributed by atoms with Crippen LogP contribution in [0.1, 0.15) is 35.7 Å². The smallest absolute Gasteiger partial charge is 0.319 e. The maximum absolute atomic E-state index is 12.4. The standard InChI is InChI=1S/C18H19N5O/c1-12-10-14(11-23-9-8-20-17(12)23)21-18(24)22-15-6-2-4-13-5-3-7-19-16(13)15/h3,5,7-11,15H,2,4,6H2,1H3,(H2,21,22,24)/t15-/m0/s1.